The van der Waals surface area contributed by atoms with E-state index in [4.69, 9.17) is 11.6 Å². The Balaban J connectivity index is 1.70. The van der Waals surface area contributed by atoms with E-state index in [0.717, 1.165) is 22.6 Å². The molecule has 29 heavy (non-hydrogen) atoms. The van der Waals surface area contributed by atoms with Crippen molar-refractivity contribution in [2.45, 2.75) is 38.3 Å². The predicted octanol–water partition coefficient (Wildman–Crippen LogP) is 3.75. The number of anilines is 1. The molecule has 1 saturated heterocycles. The molecule has 0 radical (unpaired) electrons. The van der Waals surface area contributed by atoms with Crippen LogP contribution >= 0.6 is 11.6 Å². The number of imide groups is 1. The first kappa shape index (κ1) is 20.8. The van der Waals surface area contributed by atoms with Gasteiger partial charge in [0.05, 0.1) is 10.7 Å². The van der Waals surface area contributed by atoms with Gasteiger partial charge in [-0.2, -0.15) is 0 Å². The van der Waals surface area contributed by atoms with Gasteiger partial charge in [0.2, 0.25) is 5.91 Å². The molecule has 2 aromatic rings. The van der Waals surface area contributed by atoms with E-state index in [-0.39, 0.29) is 10.7 Å². The van der Waals surface area contributed by atoms with Gasteiger partial charge in [-0.05, 0) is 50.5 Å². The molecule has 0 unspecified atom stereocenters. The molecule has 1 aliphatic heterocycles. The van der Waals surface area contributed by atoms with Crippen LogP contribution in [0.5, 0.6) is 0 Å². The largest absolute Gasteiger partial charge is 0.325 e. The molecule has 3 rings (SSSR count). The SMILES string of the molecule is C[C@H](C(=O)Nc1ccc(F)cc1Cl)N1C(=O)N[C@@](C)(CCc2ccccc2)C1=O. The Labute approximate surface area is 173 Å². The Kier molecular flexibility index (Phi) is 5.88. The fourth-order valence-corrected chi connectivity index (χ4v) is 3.43. The predicted molar refractivity (Wildman–Crippen MR) is 108 cm³/mol. The van der Waals surface area contributed by atoms with Crippen molar-refractivity contribution in [2.24, 2.45) is 0 Å². The van der Waals surface area contributed by atoms with Gasteiger partial charge in [-0.25, -0.2) is 14.1 Å². The lowest BCUT2D eigenvalue weighted by molar-refractivity contribution is -0.136. The van der Waals surface area contributed by atoms with Crippen LogP contribution < -0.4 is 10.6 Å². The zero-order valence-corrected chi connectivity index (χ0v) is 16.8. The standard InChI is InChI=1S/C21H21ClFN3O3/c1-13(18(27)24-17-9-8-15(23)12-16(17)22)26-19(28)21(2,25-20(26)29)11-10-14-6-4-3-5-7-14/h3-9,12-13H,10-11H2,1-2H3,(H,24,27)(H,25,29)/t13-,21+/m1/s1. The number of amides is 4. The van der Waals surface area contributed by atoms with Crippen LogP contribution in [0.2, 0.25) is 5.02 Å². The van der Waals surface area contributed by atoms with Gasteiger partial charge in [0, 0.05) is 0 Å². The molecule has 152 valence electrons. The van der Waals surface area contributed by atoms with Crippen molar-refractivity contribution in [2.75, 3.05) is 5.32 Å². The average molecular weight is 418 g/mol. The van der Waals surface area contributed by atoms with E-state index in [0.29, 0.717) is 12.8 Å². The number of benzene rings is 2. The minimum absolute atomic E-state index is 0.0236. The summed E-state index contributed by atoms with van der Waals surface area (Å²) in [6, 6.07) is 11.5. The number of nitrogens with one attached hydrogen (secondary N) is 2. The van der Waals surface area contributed by atoms with E-state index >= 15 is 0 Å². The zero-order chi connectivity index (χ0) is 21.2. The van der Waals surface area contributed by atoms with Crippen LogP contribution in [-0.4, -0.2) is 34.3 Å². The summed E-state index contributed by atoms with van der Waals surface area (Å²) in [5, 5.41) is 5.25. The minimum Gasteiger partial charge on any atom is -0.323 e. The summed E-state index contributed by atoms with van der Waals surface area (Å²) in [5.74, 6) is -1.61. The molecule has 2 aromatic carbocycles. The highest BCUT2D eigenvalue weighted by molar-refractivity contribution is 6.33. The maximum absolute atomic E-state index is 13.2. The number of aryl methyl sites for hydroxylation is 1. The molecule has 0 bridgehead atoms. The number of urea groups is 1. The number of hydrogen-bond donors (Lipinski definition) is 2. The molecular formula is C21H21ClFN3O3. The van der Waals surface area contributed by atoms with Crippen LogP contribution in [0.1, 0.15) is 25.8 Å². The van der Waals surface area contributed by atoms with E-state index in [9.17, 15) is 18.8 Å². The van der Waals surface area contributed by atoms with E-state index in [2.05, 4.69) is 10.6 Å². The molecule has 1 fully saturated rings. The summed E-state index contributed by atoms with van der Waals surface area (Å²) in [5.41, 5.74) is 0.143. The molecule has 0 spiro atoms. The van der Waals surface area contributed by atoms with Gasteiger partial charge in [-0.15, -0.1) is 0 Å². The number of halogens is 2. The first-order chi connectivity index (χ1) is 13.7. The molecule has 6 nitrogen and oxygen atoms in total. The molecule has 2 atom stereocenters. The van der Waals surface area contributed by atoms with Crippen LogP contribution in [0.3, 0.4) is 0 Å². The van der Waals surface area contributed by atoms with E-state index < -0.39 is 35.2 Å². The lowest BCUT2D eigenvalue weighted by Gasteiger charge is -2.24. The molecule has 1 aliphatic rings. The third kappa shape index (κ3) is 4.40. The molecule has 0 saturated carbocycles. The summed E-state index contributed by atoms with van der Waals surface area (Å²) < 4.78 is 13.2. The monoisotopic (exact) mass is 417 g/mol. The van der Waals surface area contributed by atoms with Crippen LogP contribution in [0, 0.1) is 5.82 Å². The highest BCUT2D eigenvalue weighted by atomic mass is 35.5. The topological polar surface area (TPSA) is 78.5 Å². The van der Waals surface area contributed by atoms with Crippen LogP contribution in [0.25, 0.3) is 0 Å². The van der Waals surface area contributed by atoms with Crippen LogP contribution in [0.4, 0.5) is 14.9 Å². The summed E-state index contributed by atoms with van der Waals surface area (Å²) in [7, 11) is 0. The zero-order valence-electron chi connectivity index (χ0n) is 16.0. The van der Waals surface area contributed by atoms with Gasteiger partial charge in [0.25, 0.3) is 5.91 Å². The van der Waals surface area contributed by atoms with Crippen molar-refractivity contribution < 1.29 is 18.8 Å². The normalized spacial score (nSPS) is 19.8. The van der Waals surface area contributed by atoms with Crippen molar-refractivity contribution in [3.63, 3.8) is 0 Å². The lowest BCUT2D eigenvalue weighted by Crippen LogP contribution is -2.48. The van der Waals surface area contributed by atoms with Crippen molar-refractivity contribution in [1.82, 2.24) is 10.2 Å². The Morgan fingerprint density at radius 1 is 1.24 bits per heavy atom. The molecule has 0 aliphatic carbocycles. The molecule has 2 N–H and O–H groups in total. The average Bonchev–Trinajstić information content (AvgIpc) is 2.91. The minimum atomic E-state index is -1.10. The number of hydrogen-bond acceptors (Lipinski definition) is 3. The Morgan fingerprint density at radius 2 is 1.93 bits per heavy atom. The van der Waals surface area contributed by atoms with Gasteiger partial charge in [0.15, 0.2) is 0 Å². The summed E-state index contributed by atoms with van der Waals surface area (Å²) in [6.45, 7) is 3.10. The Hall–Kier alpha value is -2.93. The number of nitrogens with zero attached hydrogens (tertiary/aromatic N) is 1. The van der Waals surface area contributed by atoms with Crippen molar-refractivity contribution in [1.29, 1.82) is 0 Å². The quantitative estimate of drug-likeness (QED) is 0.702. The molecule has 4 amide bonds. The highest BCUT2D eigenvalue weighted by Crippen LogP contribution is 2.27. The Bertz CT molecular complexity index is 953. The van der Waals surface area contributed by atoms with Crippen molar-refractivity contribution >= 4 is 35.1 Å². The molecule has 8 heteroatoms. The summed E-state index contributed by atoms with van der Waals surface area (Å²) in [4.78, 5) is 38.9. The molecular weight excluding hydrogens is 397 g/mol. The van der Waals surface area contributed by atoms with Gasteiger partial charge in [-0.1, -0.05) is 41.9 Å². The van der Waals surface area contributed by atoms with Crippen molar-refractivity contribution in [3.8, 4) is 0 Å². The number of carbonyl (C=O) groups excluding carboxylic acids is 3. The van der Waals surface area contributed by atoms with Crippen LogP contribution in [-0.2, 0) is 16.0 Å². The number of rotatable bonds is 6. The highest BCUT2D eigenvalue weighted by Gasteiger charge is 2.50. The third-order valence-corrected chi connectivity index (χ3v) is 5.32. The number of carbonyl (C=O) groups is 3. The lowest BCUT2D eigenvalue weighted by atomic mass is 9.93. The molecule has 1 heterocycles. The fraction of sp³-hybridized carbons (Fsp3) is 0.286. The van der Waals surface area contributed by atoms with Gasteiger partial charge in [-0.3, -0.25) is 9.59 Å². The van der Waals surface area contributed by atoms with E-state index in [1.165, 1.54) is 13.0 Å². The van der Waals surface area contributed by atoms with E-state index in [1.54, 1.807) is 6.92 Å². The van der Waals surface area contributed by atoms with Gasteiger partial charge < -0.3 is 10.6 Å². The van der Waals surface area contributed by atoms with Gasteiger partial charge in [0.1, 0.15) is 17.4 Å². The molecule has 0 aromatic heterocycles. The summed E-state index contributed by atoms with van der Waals surface area (Å²) in [6.07, 6.45) is 0.999. The first-order valence-electron chi connectivity index (χ1n) is 9.17. The van der Waals surface area contributed by atoms with Crippen LogP contribution in [0.15, 0.2) is 48.5 Å². The summed E-state index contributed by atoms with van der Waals surface area (Å²) >= 11 is 5.93. The second kappa shape index (κ2) is 8.21. The smallest absolute Gasteiger partial charge is 0.323 e. The third-order valence-electron chi connectivity index (χ3n) is 5.00. The maximum atomic E-state index is 13.2. The fourth-order valence-electron chi connectivity index (χ4n) is 3.21. The van der Waals surface area contributed by atoms with E-state index in [1.807, 2.05) is 30.3 Å². The Morgan fingerprint density at radius 3 is 2.59 bits per heavy atom. The second-order valence-corrected chi connectivity index (χ2v) is 7.62. The van der Waals surface area contributed by atoms with Gasteiger partial charge >= 0.3 is 6.03 Å². The maximum Gasteiger partial charge on any atom is 0.325 e. The first-order valence-corrected chi connectivity index (χ1v) is 9.55. The van der Waals surface area contributed by atoms with Crippen molar-refractivity contribution in [3.05, 3.63) is 64.9 Å². The second-order valence-electron chi connectivity index (χ2n) is 7.21.